The molecule has 0 aliphatic heterocycles. The average Bonchev–Trinajstić information content (AvgIpc) is 2.59. The molecule has 0 heterocycles. The minimum absolute atomic E-state index is 0.659. The summed E-state index contributed by atoms with van der Waals surface area (Å²) in [6, 6.07) is 7.26. The van der Waals surface area contributed by atoms with Gasteiger partial charge < -0.3 is 4.90 Å². The van der Waals surface area contributed by atoms with E-state index in [0.717, 1.165) is 24.3 Å². The van der Waals surface area contributed by atoms with E-state index >= 15 is 0 Å². The molecule has 4 saturated carbocycles. The van der Waals surface area contributed by atoms with Gasteiger partial charge >= 0.3 is 0 Å². The van der Waals surface area contributed by atoms with E-state index in [1.807, 2.05) is 0 Å². The van der Waals surface area contributed by atoms with Gasteiger partial charge in [0.15, 0.2) is 0 Å². The Hall–Kier alpha value is -1.08. The van der Waals surface area contributed by atoms with E-state index < -0.39 is 0 Å². The fourth-order valence-electron chi connectivity index (χ4n) is 7.54. The van der Waals surface area contributed by atoms with Crippen LogP contribution in [0.4, 0.5) is 0 Å². The zero-order chi connectivity index (χ0) is 18.6. The van der Waals surface area contributed by atoms with Gasteiger partial charge in [-0.3, -0.25) is 0 Å². The van der Waals surface area contributed by atoms with E-state index in [0.29, 0.717) is 11.3 Å². The van der Waals surface area contributed by atoms with E-state index in [1.165, 1.54) is 49.8 Å². The van der Waals surface area contributed by atoms with E-state index in [1.54, 1.807) is 30.4 Å². The van der Waals surface area contributed by atoms with Crippen molar-refractivity contribution in [1.29, 1.82) is 0 Å². The molecule has 0 radical (unpaired) electrons. The number of benzene rings is 1. The summed E-state index contributed by atoms with van der Waals surface area (Å²) in [7, 11) is 2.37. The Morgan fingerprint density at radius 1 is 1.00 bits per heavy atom. The van der Waals surface area contributed by atoms with Gasteiger partial charge in [-0.2, -0.15) is 0 Å². The summed E-state index contributed by atoms with van der Waals surface area (Å²) in [5.74, 6) is 3.88. The van der Waals surface area contributed by atoms with E-state index in [4.69, 9.17) is 0 Å². The summed E-state index contributed by atoms with van der Waals surface area (Å²) >= 11 is 0. The van der Waals surface area contributed by atoms with Crippen LogP contribution in [0.25, 0.3) is 6.08 Å². The number of fused-ring (bicyclic) bond motifs is 1. The summed E-state index contributed by atoms with van der Waals surface area (Å²) < 4.78 is 0. The Morgan fingerprint density at radius 3 is 2.30 bits per heavy atom. The molecule has 146 valence electrons. The van der Waals surface area contributed by atoms with Gasteiger partial charge in [0, 0.05) is 13.1 Å². The van der Waals surface area contributed by atoms with Gasteiger partial charge in [-0.1, -0.05) is 43.7 Å². The highest BCUT2D eigenvalue weighted by molar-refractivity contribution is 5.60. The van der Waals surface area contributed by atoms with Crippen LogP contribution >= 0.6 is 0 Å². The molecule has 1 aromatic carbocycles. The molecule has 1 nitrogen and oxygen atoms in total. The molecule has 1 heteroatoms. The minimum atomic E-state index is 0.659. The van der Waals surface area contributed by atoms with Crippen molar-refractivity contribution in [3.05, 3.63) is 40.5 Å². The zero-order valence-corrected chi connectivity index (χ0v) is 17.6. The fourth-order valence-corrected chi connectivity index (χ4v) is 7.54. The van der Waals surface area contributed by atoms with Gasteiger partial charge in [-0.15, -0.1) is 0 Å². The number of hydrogen-bond acceptors (Lipinski definition) is 1. The smallest absolute Gasteiger partial charge is 0.0231 e. The first-order valence-electron chi connectivity index (χ1n) is 11.5. The van der Waals surface area contributed by atoms with Crippen molar-refractivity contribution in [2.75, 3.05) is 13.6 Å². The molecule has 0 amide bonds. The monoisotopic (exact) mass is 363 g/mol. The average molecular weight is 364 g/mol. The van der Waals surface area contributed by atoms with Crippen molar-refractivity contribution < 1.29 is 0 Å². The number of allylic oxidation sites excluding steroid dienone is 1. The summed E-state index contributed by atoms with van der Waals surface area (Å²) in [6.45, 7) is 7.09. The lowest BCUT2D eigenvalue weighted by molar-refractivity contribution is -0.0670. The Labute approximate surface area is 166 Å². The van der Waals surface area contributed by atoms with Gasteiger partial charge in [0.05, 0.1) is 0 Å². The van der Waals surface area contributed by atoms with Crippen molar-refractivity contribution >= 4 is 6.08 Å². The van der Waals surface area contributed by atoms with Crippen LogP contribution in [-0.4, -0.2) is 18.5 Å². The summed E-state index contributed by atoms with van der Waals surface area (Å²) in [5.41, 5.74) is 6.83. The highest BCUT2D eigenvalue weighted by atomic mass is 15.1. The molecule has 0 aromatic heterocycles. The molecule has 0 N–H and O–H groups in total. The second-order valence-corrected chi connectivity index (χ2v) is 11.0. The van der Waals surface area contributed by atoms with Gasteiger partial charge in [0.1, 0.15) is 0 Å². The highest BCUT2D eigenvalue weighted by Gasteiger charge is 2.50. The predicted octanol–water partition coefficient (Wildman–Crippen LogP) is 6.32. The highest BCUT2D eigenvalue weighted by Crippen LogP contribution is 2.60. The largest absolute Gasteiger partial charge is 0.302 e. The van der Waals surface area contributed by atoms with Crippen molar-refractivity contribution in [3.8, 4) is 0 Å². The minimum Gasteiger partial charge on any atom is -0.302 e. The van der Waals surface area contributed by atoms with Crippen molar-refractivity contribution in [1.82, 2.24) is 4.90 Å². The quantitative estimate of drug-likeness (QED) is 0.591. The first-order chi connectivity index (χ1) is 13.0. The third-order valence-electron chi connectivity index (χ3n) is 8.20. The lowest BCUT2D eigenvalue weighted by atomic mass is 9.49. The molecule has 4 bridgehead atoms. The molecule has 0 atom stereocenters. The maximum Gasteiger partial charge on any atom is 0.0231 e. The van der Waals surface area contributed by atoms with Crippen molar-refractivity contribution in [2.45, 2.75) is 71.8 Å². The summed E-state index contributed by atoms with van der Waals surface area (Å²) in [4.78, 5) is 2.65. The molecule has 5 aliphatic carbocycles. The molecule has 0 unspecified atom stereocenters. The van der Waals surface area contributed by atoms with Crippen LogP contribution in [0, 0.1) is 29.1 Å². The van der Waals surface area contributed by atoms with Crippen LogP contribution in [0.5, 0.6) is 0 Å². The van der Waals surface area contributed by atoms with Crippen LogP contribution in [0.3, 0.4) is 0 Å². The van der Waals surface area contributed by atoms with Gasteiger partial charge in [-0.05, 0) is 104 Å². The molecule has 5 aliphatic rings. The molecule has 0 saturated heterocycles. The zero-order valence-electron chi connectivity index (χ0n) is 17.6. The third kappa shape index (κ3) is 3.53. The Kier molecular flexibility index (Phi) is 4.50. The maximum absolute atomic E-state index is 2.65. The number of rotatable bonds is 5. The molecular weight excluding hydrogens is 326 g/mol. The summed E-state index contributed by atoms with van der Waals surface area (Å²) in [6.07, 6.45) is 14.2. The lowest BCUT2D eigenvalue weighted by Crippen LogP contribution is -2.50. The van der Waals surface area contributed by atoms with Gasteiger partial charge in [-0.25, -0.2) is 0 Å². The Balaban J connectivity index is 1.26. The van der Waals surface area contributed by atoms with Crippen molar-refractivity contribution in [2.24, 2.45) is 29.1 Å². The van der Waals surface area contributed by atoms with E-state index in [9.17, 15) is 0 Å². The van der Waals surface area contributed by atoms with Crippen LogP contribution in [0.15, 0.2) is 23.8 Å². The summed E-state index contributed by atoms with van der Waals surface area (Å²) in [5, 5.41) is 0. The van der Waals surface area contributed by atoms with Crippen LogP contribution in [-0.2, 0) is 13.0 Å². The topological polar surface area (TPSA) is 3.24 Å². The second kappa shape index (κ2) is 6.76. The van der Waals surface area contributed by atoms with E-state index in [2.05, 4.69) is 50.1 Å². The SMILES string of the molecule is CC(C)C1=Cc2ccc(CN(C)CC34CC5CC(CC(C5)C3)C4)cc2CC1. The van der Waals surface area contributed by atoms with Gasteiger partial charge in [0.2, 0.25) is 0 Å². The lowest BCUT2D eigenvalue weighted by Gasteiger charge is -2.57. The number of hydrogen-bond donors (Lipinski definition) is 0. The molecular formula is C26H37N. The normalized spacial score (nSPS) is 34.3. The Morgan fingerprint density at radius 2 is 1.67 bits per heavy atom. The van der Waals surface area contributed by atoms with Gasteiger partial charge in [0.25, 0.3) is 0 Å². The van der Waals surface area contributed by atoms with Crippen LogP contribution < -0.4 is 0 Å². The molecule has 6 rings (SSSR count). The molecule has 0 spiro atoms. The van der Waals surface area contributed by atoms with E-state index in [-0.39, 0.29) is 0 Å². The van der Waals surface area contributed by atoms with Crippen LogP contribution in [0.2, 0.25) is 0 Å². The van der Waals surface area contributed by atoms with Crippen LogP contribution in [0.1, 0.15) is 75.5 Å². The fraction of sp³-hybridized carbons (Fsp3) is 0.692. The third-order valence-corrected chi connectivity index (χ3v) is 8.20. The Bertz CT molecular complexity index is 705. The maximum atomic E-state index is 2.65. The van der Waals surface area contributed by atoms with Crippen molar-refractivity contribution in [3.63, 3.8) is 0 Å². The predicted molar refractivity (Wildman–Crippen MR) is 115 cm³/mol. The molecule has 27 heavy (non-hydrogen) atoms. The second-order valence-electron chi connectivity index (χ2n) is 11.0. The molecule has 4 fully saturated rings. The number of aryl methyl sites for hydroxylation is 1. The standard InChI is InChI=1S/C26H37N/c1-18(2)23-6-7-24-11-19(4-5-25(24)12-23)16-27(3)17-26-13-20-8-21(14-26)10-22(9-20)15-26/h4-5,11-12,18,20-22H,6-10,13-17H2,1-3H3. The molecule has 1 aromatic rings. The number of nitrogens with zero attached hydrogens (tertiary/aromatic N) is 1. The first kappa shape index (κ1) is 18.0. The first-order valence-corrected chi connectivity index (χ1v) is 11.5.